The molecule has 108 valence electrons. The summed E-state index contributed by atoms with van der Waals surface area (Å²) in [5, 5.41) is 3.53. The lowest BCUT2D eigenvalue weighted by atomic mass is 10.0. The third-order valence-electron chi connectivity index (χ3n) is 3.69. The highest BCUT2D eigenvalue weighted by Crippen LogP contribution is 2.28. The molecule has 18 heavy (non-hydrogen) atoms. The minimum atomic E-state index is -4.01. The van der Waals surface area contributed by atoms with Crippen LogP contribution in [-0.2, 0) is 0 Å². The van der Waals surface area contributed by atoms with E-state index >= 15 is 0 Å². The summed E-state index contributed by atoms with van der Waals surface area (Å²) >= 11 is 0. The van der Waals surface area contributed by atoms with Crippen molar-refractivity contribution in [3.8, 4) is 0 Å². The Morgan fingerprint density at radius 1 is 1.06 bits per heavy atom. The lowest BCUT2D eigenvalue weighted by Crippen LogP contribution is -2.43. The van der Waals surface area contributed by atoms with Crippen molar-refractivity contribution in [2.45, 2.75) is 44.3 Å². The highest BCUT2D eigenvalue weighted by atomic mass is 35.5. The van der Waals surface area contributed by atoms with E-state index in [0.717, 1.165) is 38.4 Å². The van der Waals surface area contributed by atoms with Crippen LogP contribution in [-0.4, -0.2) is 43.3 Å². The van der Waals surface area contributed by atoms with Crippen LogP contribution in [0.3, 0.4) is 0 Å². The fraction of sp³-hybridized carbons (Fsp3) is 1.00. The van der Waals surface area contributed by atoms with Crippen LogP contribution in [0.1, 0.15) is 32.1 Å². The summed E-state index contributed by atoms with van der Waals surface area (Å²) in [6.07, 6.45) is -0.0156. The van der Waals surface area contributed by atoms with Gasteiger partial charge in [-0.3, -0.25) is 0 Å². The lowest BCUT2D eigenvalue weighted by molar-refractivity contribution is -0.138. The van der Waals surface area contributed by atoms with E-state index in [0.29, 0.717) is 6.04 Å². The predicted octanol–water partition coefficient (Wildman–Crippen LogP) is 2.82. The van der Waals surface area contributed by atoms with Crippen LogP contribution in [0.25, 0.3) is 0 Å². The Labute approximate surface area is 113 Å². The molecule has 0 atom stereocenters. The fourth-order valence-electron chi connectivity index (χ4n) is 2.30. The Hall–Kier alpha value is -0.0000000000000000416. The van der Waals surface area contributed by atoms with Crippen LogP contribution in [0, 0.1) is 5.92 Å². The van der Waals surface area contributed by atoms with E-state index in [-0.39, 0.29) is 19.0 Å². The zero-order chi connectivity index (χ0) is 12.3. The van der Waals surface area contributed by atoms with E-state index in [4.69, 9.17) is 0 Å². The lowest BCUT2D eigenvalue weighted by Gasteiger charge is -2.32. The third-order valence-corrected chi connectivity index (χ3v) is 3.69. The Bertz CT molecular complexity index is 236. The first-order valence-corrected chi connectivity index (χ1v) is 6.55. The minimum Gasteiger partial charge on any atom is -0.314 e. The Morgan fingerprint density at radius 3 is 2.17 bits per heavy atom. The molecule has 1 aliphatic heterocycles. The zero-order valence-electron chi connectivity index (χ0n) is 10.5. The molecule has 0 bridgehead atoms. The summed E-state index contributed by atoms with van der Waals surface area (Å²) in [5.74, 6) is 0.873. The first-order valence-electron chi connectivity index (χ1n) is 6.55. The molecule has 1 aliphatic carbocycles. The molecule has 0 aromatic rings. The van der Waals surface area contributed by atoms with E-state index in [2.05, 4.69) is 5.32 Å². The van der Waals surface area contributed by atoms with E-state index in [9.17, 15) is 13.2 Å². The van der Waals surface area contributed by atoms with Crippen molar-refractivity contribution in [3.63, 3.8) is 0 Å². The second-order valence-corrected chi connectivity index (χ2v) is 5.33. The van der Waals surface area contributed by atoms with Gasteiger partial charge in [0.15, 0.2) is 0 Å². The maximum atomic E-state index is 12.1. The SMILES string of the molecule is Cl.FC(F)(F)CCN1CCC(NCC2CC2)CC1. The molecule has 6 heteroatoms. The van der Waals surface area contributed by atoms with Gasteiger partial charge in [0.1, 0.15) is 0 Å². The number of hydrogen-bond donors (Lipinski definition) is 1. The van der Waals surface area contributed by atoms with Gasteiger partial charge in [-0.1, -0.05) is 0 Å². The molecular formula is C12H22ClF3N2. The number of likely N-dealkylation sites (tertiary alicyclic amines) is 1. The van der Waals surface area contributed by atoms with E-state index < -0.39 is 12.6 Å². The summed E-state index contributed by atoms with van der Waals surface area (Å²) in [4.78, 5) is 1.93. The van der Waals surface area contributed by atoms with Gasteiger partial charge in [0.2, 0.25) is 0 Å². The Morgan fingerprint density at radius 2 is 1.67 bits per heavy atom. The average Bonchev–Trinajstić information content (AvgIpc) is 3.08. The maximum absolute atomic E-state index is 12.1. The zero-order valence-corrected chi connectivity index (χ0v) is 11.3. The van der Waals surface area contributed by atoms with Gasteiger partial charge in [0, 0.05) is 12.6 Å². The molecule has 0 unspecified atom stereocenters. The van der Waals surface area contributed by atoms with Gasteiger partial charge in [-0.15, -0.1) is 12.4 Å². The van der Waals surface area contributed by atoms with Crippen molar-refractivity contribution < 1.29 is 13.2 Å². The molecule has 2 aliphatic rings. The van der Waals surface area contributed by atoms with Gasteiger partial charge in [0.25, 0.3) is 0 Å². The quantitative estimate of drug-likeness (QED) is 0.836. The molecule has 0 aromatic heterocycles. The summed E-state index contributed by atoms with van der Waals surface area (Å²) < 4.78 is 36.2. The van der Waals surface area contributed by atoms with E-state index in [1.54, 1.807) is 0 Å². The molecule has 0 aromatic carbocycles. The average molecular weight is 287 g/mol. The maximum Gasteiger partial charge on any atom is 0.390 e. The van der Waals surface area contributed by atoms with Crippen LogP contribution >= 0.6 is 12.4 Å². The number of alkyl halides is 3. The summed E-state index contributed by atoms with van der Waals surface area (Å²) in [7, 11) is 0. The minimum absolute atomic E-state index is 0. The molecule has 0 amide bonds. The fourth-order valence-corrected chi connectivity index (χ4v) is 2.30. The molecule has 1 saturated heterocycles. The van der Waals surface area contributed by atoms with Gasteiger partial charge >= 0.3 is 6.18 Å². The van der Waals surface area contributed by atoms with Crippen molar-refractivity contribution in [2.75, 3.05) is 26.2 Å². The number of nitrogens with one attached hydrogen (secondary N) is 1. The first-order chi connectivity index (χ1) is 8.03. The van der Waals surface area contributed by atoms with Crippen LogP contribution in [0.2, 0.25) is 0 Å². The molecule has 2 nitrogen and oxygen atoms in total. The first kappa shape index (κ1) is 16.1. The van der Waals surface area contributed by atoms with Gasteiger partial charge in [-0.25, -0.2) is 0 Å². The van der Waals surface area contributed by atoms with Gasteiger partial charge < -0.3 is 10.2 Å². The van der Waals surface area contributed by atoms with Crippen molar-refractivity contribution >= 4 is 12.4 Å². The smallest absolute Gasteiger partial charge is 0.314 e. The van der Waals surface area contributed by atoms with Gasteiger partial charge in [0.05, 0.1) is 6.42 Å². The van der Waals surface area contributed by atoms with Gasteiger partial charge in [-0.05, 0) is 51.2 Å². The van der Waals surface area contributed by atoms with Crippen LogP contribution in [0.5, 0.6) is 0 Å². The number of piperidine rings is 1. The second kappa shape index (κ2) is 6.96. The summed E-state index contributed by atoms with van der Waals surface area (Å²) in [6, 6.07) is 0.526. The van der Waals surface area contributed by atoms with E-state index in [1.807, 2.05) is 4.90 Å². The summed E-state index contributed by atoms with van der Waals surface area (Å²) in [6.45, 7) is 2.88. The molecule has 1 heterocycles. The molecule has 2 fully saturated rings. The van der Waals surface area contributed by atoms with Crippen molar-refractivity contribution in [1.82, 2.24) is 10.2 Å². The molecule has 1 saturated carbocycles. The van der Waals surface area contributed by atoms with Crippen LogP contribution in [0.15, 0.2) is 0 Å². The molecule has 0 spiro atoms. The van der Waals surface area contributed by atoms with Crippen molar-refractivity contribution in [3.05, 3.63) is 0 Å². The Kier molecular flexibility index (Phi) is 6.21. The molecule has 2 rings (SSSR count). The Balaban J connectivity index is 0.00000162. The highest BCUT2D eigenvalue weighted by molar-refractivity contribution is 5.85. The number of halogens is 4. The van der Waals surface area contributed by atoms with Crippen LogP contribution < -0.4 is 5.32 Å². The highest BCUT2D eigenvalue weighted by Gasteiger charge is 2.29. The van der Waals surface area contributed by atoms with Gasteiger partial charge in [-0.2, -0.15) is 13.2 Å². The topological polar surface area (TPSA) is 15.3 Å². The van der Waals surface area contributed by atoms with E-state index in [1.165, 1.54) is 12.8 Å². The molecule has 0 radical (unpaired) electrons. The molecule has 1 N–H and O–H groups in total. The largest absolute Gasteiger partial charge is 0.390 e. The molecular weight excluding hydrogens is 265 g/mol. The van der Waals surface area contributed by atoms with Crippen molar-refractivity contribution in [2.24, 2.45) is 5.92 Å². The predicted molar refractivity (Wildman–Crippen MR) is 68.1 cm³/mol. The van der Waals surface area contributed by atoms with Crippen LogP contribution in [0.4, 0.5) is 13.2 Å². The van der Waals surface area contributed by atoms with Crippen molar-refractivity contribution in [1.29, 1.82) is 0 Å². The number of hydrogen-bond acceptors (Lipinski definition) is 2. The number of rotatable bonds is 5. The second-order valence-electron chi connectivity index (χ2n) is 5.33. The monoisotopic (exact) mass is 286 g/mol. The third kappa shape index (κ3) is 6.25. The normalized spacial score (nSPS) is 22.8. The summed E-state index contributed by atoms with van der Waals surface area (Å²) in [5.41, 5.74) is 0. The standard InChI is InChI=1S/C12H21F3N2.ClH/c13-12(14,15)5-8-17-6-3-11(4-7-17)16-9-10-1-2-10;/h10-11,16H,1-9H2;1H. The number of nitrogens with zero attached hydrogens (tertiary/aromatic N) is 1.